The number of amides is 1. The van der Waals surface area contributed by atoms with Crippen molar-refractivity contribution in [3.05, 3.63) is 41.5 Å². The molecule has 96 valence electrons. The molecule has 1 aliphatic rings. The van der Waals surface area contributed by atoms with Crippen molar-refractivity contribution in [3.63, 3.8) is 0 Å². The molecule has 1 aromatic carbocycles. The maximum Gasteiger partial charge on any atom is 0.248 e. The lowest BCUT2D eigenvalue weighted by atomic mass is 9.80. The SMILES string of the molecule is CCC1(N)CC=C(c2ccc(C(N)=O)cc2)CC1. The number of primary amides is 1. The van der Waals surface area contributed by atoms with Crippen molar-refractivity contribution in [2.24, 2.45) is 11.5 Å². The van der Waals surface area contributed by atoms with Gasteiger partial charge in [-0.2, -0.15) is 0 Å². The molecule has 0 fully saturated rings. The van der Waals surface area contributed by atoms with E-state index in [1.165, 1.54) is 5.57 Å². The monoisotopic (exact) mass is 244 g/mol. The fourth-order valence-corrected chi connectivity index (χ4v) is 2.35. The molecule has 1 atom stereocenters. The Morgan fingerprint density at radius 3 is 2.44 bits per heavy atom. The van der Waals surface area contributed by atoms with Gasteiger partial charge in [0.2, 0.25) is 5.91 Å². The maximum absolute atomic E-state index is 11.0. The van der Waals surface area contributed by atoms with Gasteiger partial charge < -0.3 is 11.5 Å². The molecule has 4 N–H and O–H groups in total. The highest BCUT2D eigenvalue weighted by atomic mass is 16.1. The minimum Gasteiger partial charge on any atom is -0.366 e. The Bertz CT molecular complexity index is 476. The van der Waals surface area contributed by atoms with Crippen LogP contribution in [0.15, 0.2) is 30.3 Å². The Labute approximate surface area is 108 Å². The molecule has 0 heterocycles. The van der Waals surface area contributed by atoms with E-state index in [2.05, 4.69) is 13.0 Å². The largest absolute Gasteiger partial charge is 0.366 e. The molecule has 1 amide bonds. The molecule has 0 spiro atoms. The Kier molecular flexibility index (Phi) is 3.53. The lowest BCUT2D eigenvalue weighted by Crippen LogP contribution is -2.39. The van der Waals surface area contributed by atoms with Crippen LogP contribution in [0.25, 0.3) is 5.57 Å². The quantitative estimate of drug-likeness (QED) is 0.857. The van der Waals surface area contributed by atoms with Crippen LogP contribution in [-0.4, -0.2) is 11.4 Å². The molecule has 1 aliphatic carbocycles. The summed E-state index contributed by atoms with van der Waals surface area (Å²) in [5.41, 5.74) is 14.5. The first-order valence-electron chi connectivity index (χ1n) is 6.42. The zero-order valence-electron chi connectivity index (χ0n) is 10.8. The fraction of sp³-hybridized carbons (Fsp3) is 0.400. The molecule has 0 saturated heterocycles. The van der Waals surface area contributed by atoms with Crippen LogP contribution in [-0.2, 0) is 0 Å². The number of nitrogens with two attached hydrogens (primary N) is 2. The molecule has 1 aromatic rings. The molecule has 0 aliphatic heterocycles. The van der Waals surface area contributed by atoms with E-state index in [1.807, 2.05) is 12.1 Å². The fourth-order valence-electron chi connectivity index (χ4n) is 2.35. The first kappa shape index (κ1) is 12.8. The standard InChI is InChI=1S/C15H20N2O/c1-2-15(17)9-7-12(8-10-15)11-3-5-13(6-4-11)14(16)18/h3-7H,2,8-10,17H2,1H3,(H2,16,18). The normalized spacial score (nSPS) is 23.6. The first-order chi connectivity index (χ1) is 8.54. The van der Waals surface area contributed by atoms with Crippen molar-refractivity contribution >= 4 is 11.5 Å². The van der Waals surface area contributed by atoms with Gasteiger partial charge in [-0.15, -0.1) is 0 Å². The van der Waals surface area contributed by atoms with Crippen LogP contribution in [0.5, 0.6) is 0 Å². The summed E-state index contributed by atoms with van der Waals surface area (Å²) >= 11 is 0. The summed E-state index contributed by atoms with van der Waals surface area (Å²) in [6.45, 7) is 2.14. The Balaban J connectivity index is 2.16. The van der Waals surface area contributed by atoms with Crippen LogP contribution in [0.2, 0.25) is 0 Å². The van der Waals surface area contributed by atoms with Gasteiger partial charge in [-0.3, -0.25) is 4.79 Å². The second-order valence-corrected chi connectivity index (χ2v) is 5.09. The highest BCUT2D eigenvalue weighted by Gasteiger charge is 2.25. The van der Waals surface area contributed by atoms with Crippen molar-refractivity contribution in [1.82, 2.24) is 0 Å². The van der Waals surface area contributed by atoms with Crippen LogP contribution >= 0.6 is 0 Å². The Morgan fingerprint density at radius 1 is 1.33 bits per heavy atom. The summed E-state index contributed by atoms with van der Waals surface area (Å²) in [6, 6.07) is 7.48. The number of hydrogen-bond donors (Lipinski definition) is 2. The molecule has 1 unspecified atom stereocenters. The van der Waals surface area contributed by atoms with Gasteiger partial charge >= 0.3 is 0 Å². The molecule has 2 rings (SSSR count). The minimum absolute atomic E-state index is 0.0311. The third-order valence-corrected chi connectivity index (χ3v) is 3.89. The van der Waals surface area contributed by atoms with Crippen LogP contribution in [0.1, 0.15) is 48.5 Å². The molecule has 3 nitrogen and oxygen atoms in total. The Morgan fingerprint density at radius 2 is 2.00 bits per heavy atom. The smallest absolute Gasteiger partial charge is 0.248 e. The third kappa shape index (κ3) is 2.62. The summed E-state index contributed by atoms with van der Waals surface area (Å²) in [5.74, 6) is -0.383. The van der Waals surface area contributed by atoms with Crippen molar-refractivity contribution in [3.8, 4) is 0 Å². The zero-order chi connectivity index (χ0) is 13.2. The van der Waals surface area contributed by atoms with Crippen molar-refractivity contribution in [1.29, 1.82) is 0 Å². The van der Waals surface area contributed by atoms with Gasteiger partial charge in [0, 0.05) is 11.1 Å². The van der Waals surface area contributed by atoms with Crippen molar-refractivity contribution in [2.75, 3.05) is 0 Å². The van der Waals surface area contributed by atoms with Gasteiger partial charge in [-0.25, -0.2) is 0 Å². The highest BCUT2D eigenvalue weighted by Crippen LogP contribution is 2.33. The maximum atomic E-state index is 11.0. The number of hydrogen-bond acceptors (Lipinski definition) is 2. The van der Waals surface area contributed by atoms with Gasteiger partial charge in [0.25, 0.3) is 0 Å². The van der Waals surface area contributed by atoms with Gasteiger partial charge in [0.15, 0.2) is 0 Å². The Hall–Kier alpha value is -1.61. The van der Waals surface area contributed by atoms with Gasteiger partial charge in [0.05, 0.1) is 0 Å². The summed E-state index contributed by atoms with van der Waals surface area (Å²) in [5, 5.41) is 0. The van der Waals surface area contributed by atoms with E-state index in [0.29, 0.717) is 5.56 Å². The van der Waals surface area contributed by atoms with Gasteiger partial charge in [0.1, 0.15) is 0 Å². The molecule has 0 aromatic heterocycles. The van der Waals surface area contributed by atoms with Crippen molar-refractivity contribution in [2.45, 2.75) is 38.1 Å². The average Bonchev–Trinajstić information content (AvgIpc) is 2.40. The van der Waals surface area contributed by atoms with Crippen LogP contribution in [0.4, 0.5) is 0 Å². The van der Waals surface area contributed by atoms with E-state index in [0.717, 1.165) is 31.2 Å². The van der Waals surface area contributed by atoms with Gasteiger partial charge in [-0.1, -0.05) is 25.1 Å². The lowest BCUT2D eigenvalue weighted by Gasteiger charge is -2.31. The highest BCUT2D eigenvalue weighted by molar-refractivity contribution is 5.93. The van der Waals surface area contributed by atoms with Crippen molar-refractivity contribution < 1.29 is 4.79 Å². The summed E-state index contributed by atoms with van der Waals surface area (Å²) < 4.78 is 0. The summed E-state index contributed by atoms with van der Waals surface area (Å²) in [7, 11) is 0. The second-order valence-electron chi connectivity index (χ2n) is 5.09. The van der Waals surface area contributed by atoms with Crippen LogP contribution in [0.3, 0.4) is 0 Å². The second kappa shape index (κ2) is 4.94. The molecule has 3 heteroatoms. The number of carbonyl (C=O) groups excluding carboxylic acids is 1. The molecule has 0 saturated carbocycles. The van der Waals surface area contributed by atoms with Crippen LogP contribution < -0.4 is 11.5 Å². The number of allylic oxidation sites excluding steroid dienone is 1. The number of carbonyl (C=O) groups is 1. The summed E-state index contributed by atoms with van der Waals surface area (Å²) in [4.78, 5) is 11.0. The molecule has 0 bridgehead atoms. The molecular formula is C15H20N2O. The molecule has 0 radical (unpaired) electrons. The first-order valence-corrected chi connectivity index (χ1v) is 6.42. The van der Waals surface area contributed by atoms with E-state index in [9.17, 15) is 4.79 Å². The van der Waals surface area contributed by atoms with E-state index >= 15 is 0 Å². The molecule has 18 heavy (non-hydrogen) atoms. The third-order valence-electron chi connectivity index (χ3n) is 3.89. The average molecular weight is 244 g/mol. The van der Waals surface area contributed by atoms with E-state index in [1.54, 1.807) is 12.1 Å². The van der Waals surface area contributed by atoms with Gasteiger partial charge in [-0.05, 0) is 49.0 Å². The predicted octanol–water partition coefficient (Wildman–Crippen LogP) is 2.46. The van der Waals surface area contributed by atoms with Crippen LogP contribution in [0, 0.1) is 0 Å². The number of rotatable bonds is 3. The predicted molar refractivity (Wildman–Crippen MR) is 74.0 cm³/mol. The zero-order valence-corrected chi connectivity index (χ0v) is 10.8. The molecular weight excluding hydrogens is 224 g/mol. The summed E-state index contributed by atoms with van der Waals surface area (Å²) in [6.07, 6.45) is 6.19. The number of benzene rings is 1. The van der Waals surface area contributed by atoms with E-state index < -0.39 is 0 Å². The topological polar surface area (TPSA) is 69.1 Å². The van der Waals surface area contributed by atoms with E-state index in [4.69, 9.17) is 11.5 Å². The van der Waals surface area contributed by atoms with E-state index in [-0.39, 0.29) is 11.4 Å². The lowest BCUT2D eigenvalue weighted by molar-refractivity contribution is 0.100. The minimum atomic E-state index is -0.383.